The molecule has 1 aliphatic rings. The second kappa shape index (κ2) is 4.99. The SMILES string of the molecule is COc1cc(Cl)ccc1S(=O)(=O)N1CC(C(=O)O)C1. The first-order chi connectivity index (χ1) is 8.86. The Balaban J connectivity index is 2.29. The Morgan fingerprint density at radius 3 is 2.63 bits per heavy atom. The Bertz CT molecular complexity index is 610. The van der Waals surface area contributed by atoms with Crippen molar-refractivity contribution in [3.63, 3.8) is 0 Å². The fourth-order valence-electron chi connectivity index (χ4n) is 1.78. The van der Waals surface area contributed by atoms with E-state index in [9.17, 15) is 13.2 Å². The van der Waals surface area contributed by atoms with Crippen LogP contribution in [0.4, 0.5) is 0 Å². The number of methoxy groups -OCH3 is 1. The molecular formula is C11H12ClNO5S. The molecule has 1 saturated heterocycles. The third kappa shape index (κ3) is 2.54. The number of rotatable bonds is 4. The maximum atomic E-state index is 12.3. The molecule has 0 saturated carbocycles. The van der Waals surface area contributed by atoms with Crippen LogP contribution in [0.3, 0.4) is 0 Å². The first-order valence-electron chi connectivity index (χ1n) is 5.42. The van der Waals surface area contributed by atoms with Gasteiger partial charge in [0.2, 0.25) is 10.0 Å². The average Bonchev–Trinajstić information content (AvgIpc) is 2.25. The molecule has 6 nitrogen and oxygen atoms in total. The number of ether oxygens (including phenoxy) is 1. The van der Waals surface area contributed by atoms with Crippen LogP contribution in [0.1, 0.15) is 0 Å². The quantitative estimate of drug-likeness (QED) is 0.899. The van der Waals surface area contributed by atoms with E-state index >= 15 is 0 Å². The molecule has 1 N–H and O–H groups in total. The highest BCUT2D eigenvalue weighted by Crippen LogP contribution is 2.32. The fraction of sp³-hybridized carbons (Fsp3) is 0.364. The lowest BCUT2D eigenvalue weighted by Crippen LogP contribution is -2.52. The second-order valence-electron chi connectivity index (χ2n) is 4.15. The van der Waals surface area contributed by atoms with E-state index in [1.165, 1.54) is 25.3 Å². The molecule has 1 aliphatic heterocycles. The lowest BCUT2D eigenvalue weighted by Gasteiger charge is -2.35. The van der Waals surface area contributed by atoms with Gasteiger partial charge in [0.1, 0.15) is 10.6 Å². The van der Waals surface area contributed by atoms with Gasteiger partial charge in [-0.25, -0.2) is 8.42 Å². The minimum atomic E-state index is -3.74. The van der Waals surface area contributed by atoms with E-state index in [0.717, 1.165) is 4.31 Å². The zero-order valence-corrected chi connectivity index (χ0v) is 11.6. The Kier molecular flexibility index (Phi) is 3.71. The van der Waals surface area contributed by atoms with Crippen LogP contribution in [0.5, 0.6) is 5.75 Å². The standard InChI is InChI=1S/C11H12ClNO5S/c1-18-9-4-8(12)2-3-10(9)19(16,17)13-5-7(6-13)11(14)15/h2-4,7H,5-6H2,1H3,(H,14,15). The number of sulfonamides is 1. The first kappa shape index (κ1) is 14.1. The minimum absolute atomic E-state index is 0.0109. The summed E-state index contributed by atoms with van der Waals surface area (Å²) in [5.41, 5.74) is 0. The van der Waals surface area contributed by atoms with Gasteiger partial charge >= 0.3 is 5.97 Å². The third-order valence-electron chi connectivity index (χ3n) is 2.94. The number of carbonyl (C=O) groups is 1. The molecule has 1 heterocycles. The summed E-state index contributed by atoms with van der Waals surface area (Å²) in [6.07, 6.45) is 0. The monoisotopic (exact) mass is 305 g/mol. The highest BCUT2D eigenvalue weighted by atomic mass is 35.5. The Hall–Kier alpha value is -1.31. The summed E-state index contributed by atoms with van der Waals surface area (Å²) in [5.74, 6) is -1.49. The first-order valence-corrected chi connectivity index (χ1v) is 7.24. The van der Waals surface area contributed by atoms with Crippen LogP contribution in [0.2, 0.25) is 5.02 Å². The zero-order chi connectivity index (χ0) is 14.2. The van der Waals surface area contributed by atoms with Crippen LogP contribution in [0.25, 0.3) is 0 Å². The Morgan fingerprint density at radius 2 is 2.11 bits per heavy atom. The third-order valence-corrected chi connectivity index (χ3v) is 5.05. The second-order valence-corrected chi connectivity index (χ2v) is 6.50. The van der Waals surface area contributed by atoms with Gasteiger partial charge in [0.05, 0.1) is 13.0 Å². The number of halogens is 1. The number of hydrogen-bond acceptors (Lipinski definition) is 4. The van der Waals surface area contributed by atoms with Gasteiger partial charge in [-0.15, -0.1) is 0 Å². The van der Waals surface area contributed by atoms with Gasteiger partial charge in [-0.1, -0.05) is 11.6 Å². The predicted molar refractivity (Wildman–Crippen MR) is 67.9 cm³/mol. The van der Waals surface area contributed by atoms with Gasteiger partial charge < -0.3 is 9.84 Å². The fourth-order valence-corrected chi connectivity index (χ4v) is 3.61. The van der Waals surface area contributed by atoms with Crippen molar-refractivity contribution >= 4 is 27.6 Å². The number of hydrogen-bond donors (Lipinski definition) is 1. The molecule has 0 atom stereocenters. The van der Waals surface area contributed by atoms with Gasteiger partial charge in [0, 0.05) is 24.2 Å². The summed E-state index contributed by atoms with van der Waals surface area (Å²) in [7, 11) is -2.39. The average molecular weight is 306 g/mol. The van der Waals surface area contributed by atoms with Crippen molar-refractivity contribution in [1.82, 2.24) is 4.31 Å². The van der Waals surface area contributed by atoms with Crippen molar-refractivity contribution in [2.45, 2.75) is 4.90 Å². The molecule has 2 rings (SSSR count). The molecule has 8 heteroatoms. The van der Waals surface area contributed by atoms with Crippen molar-refractivity contribution in [3.8, 4) is 5.75 Å². The summed E-state index contributed by atoms with van der Waals surface area (Å²) in [5, 5.41) is 9.12. The lowest BCUT2D eigenvalue weighted by atomic mass is 10.0. The predicted octanol–water partition coefficient (Wildman–Crippen LogP) is 1.05. The zero-order valence-electron chi connectivity index (χ0n) is 10.0. The number of benzene rings is 1. The smallest absolute Gasteiger partial charge is 0.309 e. The van der Waals surface area contributed by atoms with E-state index in [1.807, 2.05) is 0 Å². The molecule has 0 radical (unpaired) electrons. The number of carboxylic acid groups (broad SMARTS) is 1. The van der Waals surface area contributed by atoms with Crippen LogP contribution in [-0.2, 0) is 14.8 Å². The van der Waals surface area contributed by atoms with Gasteiger partial charge in [0.15, 0.2) is 0 Å². The van der Waals surface area contributed by atoms with Crippen LogP contribution >= 0.6 is 11.6 Å². The van der Waals surface area contributed by atoms with Crippen molar-refractivity contribution in [3.05, 3.63) is 23.2 Å². The molecular weight excluding hydrogens is 294 g/mol. The molecule has 19 heavy (non-hydrogen) atoms. The van der Waals surface area contributed by atoms with Crippen LogP contribution in [0, 0.1) is 5.92 Å². The summed E-state index contributed by atoms with van der Waals surface area (Å²) < 4.78 is 30.7. The van der Waals surface area contributed by atoms with E-state index in [1.54, 1.807) is 0 Å². The molecule has 0 aliphatic carbocycles. The topological polar surface area (TPSA) is 83.9 Å². The normalized spacial score (nSPS) is 16.9. The molecule has 0 unspecified atom stereocenters. The van der Waals surface area contributed by atoms with E-state index < -0.39 is 21.9 Å². The van der Waals surface area contributed by atoms with Gasteiger partial charge in [-0.3, -0.25) is 4.79 Å². The highest BCUT2D eigenvalue weighted by molar-refractivity contribution is 7.89. The number of nitrogens with zero attached hydrogens (tertiary/aromatic N) is 1. The summed E-state index contributed by atoms with van der Waals surface area (Å²) >= 11 is 5.77. The van der Waals surface area contributed by atoms with Crippen molar-refractivity contribution in [2.75, 3.05) is 20.2 Å². The van der Waals surface area contributed by atoms with Gasteiger partial charge in [-0.2, -0.15) is 4.31 Å². The Labute approximate surface area is 115 Å². The maximum absolute atomic E-state index is 12.3. The summed E-state index contributed by atoms with van der Waals surface area (Å²) in [4.78, 5) is 10.7. The highest BCUT2D eigenvalue weighted by Gasteiger charge is 2.41. The van der Waals surface area contributed by atoms with E-state index in [2.05, 4.69) is 0 Å². The Morgan fingerprint density at radius 1 is 1.47 bits per heavy atom. The largest absolute Gasteiger partial charge is 0.495 e. The molecule has 1 aromatic carbocycles. The summed E-state index contributed by atoms with van der Waals surface area (Å²) in [6.45, 7) is -0.0487. The summed E-state index contributed by atoms with van der Waals surface area (Å²) in [6, 6.07) is 4.21. The van der Waals surface area contributed by atoms with Crippen molar-refractivity contribution in [1.29, 1.82) is 0 Å². The molecule has 1 fully saturated rings. The van der Waals surface area contributed by atoms with E-state index in [0.29, 0.717) is 5.02 Å². The van der Waals surface area contributed by atoms with Gasteiger partial charge in [0.25, 0.3) is 0 Å². The molecule has 0 spiro atoms. The van der Waals surface area contributed by atoms with Crippen LogP contribution in [0.15, 0.2) is 23.1 Å². The molecule has 1 aromatic rings. The molecule has 104 valence electrons. The maximum Gasteiger partial charge on any atom is 0.309 e. The minimum Gasteiger partial charge on any atom is -0.495 e. The van der Waals surface area contributed by atoms with Crippen LogP contribution < -0.4 is 4.74 Å². The van der Waals surface area contributed by atoms with E-state index in [-0.39, 0.29) is 23.7 Å². The van der Waals surface area contributed by atoms with Gasteiger partial charge in [-0.05, 0) is 12.1 Å². The number of carboxylic acids is 1. The number of aliphatic carboxylic acids is 1. The molecule has 0 bridgehead atoms. The van der Waals surface area contributed by atoms with Crippen molar-refractivity contribution in [2.24, 2.45) is 5.92 Å². The molecule has 0 amide bonds. The van der Waals surface area contributed by atoms with Crippen molar-refractivity contribution < 1.29 is 23.1 Å². The lowest BCUT2D eigenvalue weighted by molar-refractivity contribution is -0.145. The van der Waals surface area contributed by atoms with Crippen LogP contribution in [-0.4, -0.2) is 44.0 Å². The van der Waals surface area contributed by atoms with E-state index in [4.69, 9.17) is 21.4 Å². The molecule has 0 aromatic heterocycles.